The molecular weight excluding hydrogens is 288 g/mol. The zero-order valence-corrected chi connectivity index (χ0v) is 13.4. The first-order chi connectivity index (χ1) is 11.4. The number of benzene rings is 1. The molecule has 1 heterocycles. The third kappa shape index (κ3) is 4.25. The first-order valence-electron chi connectivity index (χ1n) is 8.45. The van der Waals surface area contributed by atoms with Gasteiger partial charge >= 0.3 is 0 Å². The van der Waals surface area contributed by atoms with Crippen LogP contribution in [0, 0.1) is 17.2 Å². The number of ether oxygens (including phenoxy) is 1. The van der Waals surface area contributed by atoms with Crippen LogP contribution in [0.2, 0.25) is 0 Å². The molecule has 3 rings (SSSR count). The van der Waals surface area contributed by atoms with Crippen molar-refractivity contribution in [3.8, 4) is 6.07 Å². The molecule has 0 aromatic heterocycles. The van der Waals surface area contributed by atoms with Gasteiger partial charge in [0, 0.05) is 12.2 Å². The van der Waals surface area contributed by atoms with Crippen molar-refractivity contribution >= 4 is 5.70 Å². The third-order valence-electron chi connectivity index (χ3n) is 4.55. The molecule has 5 nitrogen and oxygen atoms in total. The highest BCUT2D eigenvalue weighted by Crippen LogP contribution is 2.23. The summed E-state index contributed by atoms with van der Waals surface area (Å²) in [5.41, 5.74) is 11.9. The molecule has 0 bridgehead atoms. The Morgan fingerprint density at radius 2 is 1.96 bits per heavy atom. The normalized spacial score (nSPS) is 18.9. The van der Waals surface area contributed by atoms with Crippen LogP contribution in [0.4, 0.5) is 0 Å². The number of hydrazine groups is 2. The maximum Gasteiger partial charge on any atom is 0.154 e. The predicted molar refractivity (Wildman–Crippen MR) is 89.2 cm³/mol. The van der Waals surface area contributed by atoms with E-state index >= 15 is 0 Å². The molecule has 122 valence electrons. The van der Waals surface area contributed by atoms with Crippen molar-refractivity contribution in [1.29, 1.82) is 5.26 Å². The van der Waals surface area contributed by atoms with Crippen molar-refractivity contribution < 1.29 is 4.74 Å². The van der Waals surface area contributed by atoms with Gasteiger partial charge in [0.25, 0.3) is 0 Å². The van der Waals surface area contributed by atoms with Crippen LogP contribution >= 0.6 is 0 Å². The Balaban J connectivity index is 1.57. The van der Waals surface area contributed by atoms with Crippen LogP contribution in [0.1, 0.15) is 49.7 Å². The van der Waals surface area contributed by atoms with E-state index in [-0.39, 0.29) is 0 Å². The molecule has 1 aromatic rings. The largest absolute Gasteiger partial charge is 0.376 e. The van der Waals surface area contributed by atoms with Gasteiger partial charge in [-0.05, 0) is 30.4 Å². The van der Waals surface area contributed by atoms with E-state index in [0.717, 1.165) is 29.3 Å². The SMILES string of the molecule is N#CC1=C(c2cccc(COCC3CCCCCC3)c2)NNN1. The van der Waals surface area contributed by atoms with E-state index in [0.29, 0.717) is 12.3 Å². The number of nitriles is 1. The zero-order valence-electron chi connectivity index (χ0n) is 13.4. The molecule has 3 N–H and O–H groups in total. The van der Waals surface area contributed by atoms with E-state index in [4.69, 9.17) is 10.00 Å². The maximum absolute atomic E-state index is 9.10. The Morgan fingerprint density at radius 3 is 2.74 bits per heavy atom. The van der Waals surface area contributed by atoms with Crippen molar-refractivity contribution in [2.24, 2.45) is 5.92 Å². The van der Waals surface area contributed by atoms with Gasteiger partial charge < -0.3 is 10.2 Å². The van der Waals surface area contributed by atoms with Crippen LogP contribution in [0.5, 0.6) is 0 Å². The summed E-state index contributed by atoms with van der Waals surface area (Å²) < 4.78 is 5.95. The van der Waals surface area contributed by atoms with E-state index < -0.39 is 0 Å². The minimum atomic E-state index is 0.501. The van der Waals surface area contributed by atoms with Gasteiger partial charge in [0.2, 0.25) is 0 Å². The molecule has 5 heteroatoms. The molecule has 1 aliphatic carbocycles. The molecule has 0 radical (unpaired) electrons. The van der Waals surface area contributed by atoms with Crippen molar-refractivity contribution in [2.45, 2.75) is 45.1 Å². The van der Waals surface area contributed by atoms with Crippen molar-refractivity contribution in [3.05, 3.63) is 41.1 Å². The minimum absolute atomic E-state index is 0.501. The maximum atomic E-state index is 9.10. The lowest BCUT2D eigenvalue weighted by atomic mass is 10.0. The predicted octanol–water partition coefficient (Wildman–Crippen LogP) is 2.98. The first kappa shape index (κ1) is 15.9. The zero-order chi connectivity index (χ0) is 15.9. The molecule has 0 saturated heterocycles. The van der Waals surface area contributed by atoms with Gasteiger partial charge in [0.15, 0.2) is 5.70 Å². The second-order valence-electron chi connectivity index (χ2n) is 6.31. The summed E-state index contributed by atoms with van der Waals surface area (Å²) in [7, 11) is 0. The van der Waals surface area contributed by atoms with Crippen LogP contribution in [-0.4, -0.2) is 6.61 Å². The van der Waals surface area contributed by atoms with Crippen LogP contribution in [-0.2, 0) is 11.3 Å². The van der Waals surface area contributed by atoms with Gasteiger partial charge in [-0.15, -0.1) is 5.53 Å². The van der Waals surface area contributed by atoms with E-state index in [1.165, 1.54) is 38.5 Å². The number of allylic oxidation sites excluding steroid dienone is 1. The monoisotopic (exact) mass is 312 g/mol. The Morgan fingerprint density at radius 1 is 1.13 bits per heavy atom. The van der Waals surface area contributed by atoms with E-state index in [9.17, 15) is 0 Å². The fourth-order valence-corrected chi connectivity index (χ4v) is 3.27. The highest BCUT2D eigenvalue weighted by Gasteiger charge is 2.15. The molecule has 1 saturated carbocycles. The average Bonchev–Trinajstić information content (AvgIpc) is 2.92. The summed E-state index contributed by atoms with van der Waals surface area (Å²) in [5.74, 6) is 0.721. The molecule has 1 aromatic carbocycles. The van der Waals surface area contributed by atoms with Crippen molar-refractivity contribution in [2.75, 3.05) is 6.61 Å². The second-order valence-corrected chi connectivity index (χ2v) is 6.31. The fourth-order valence-electron chi connectivity index (χ4n) is 3.27. The lowest BCUT2D eigenvalue weighted by Gasteiger charge is -2.14. The summed E-state index contributed by atoms with van der Waals surface area (Å²) in [4.78, 5) is 0. The molecule has 1 aliphatic heterocycles. The first-order valence-corrected chi connectivity index (χ1v) is 8.45. The number of hydrogen-bond donors (Lipinski definition) is 3. The lowest BCUT2D eigenvalue weighted by Crippen LogP contribution is -2.32. The topological polar surface area (TPSA) is 69.1 Å². The molecule has 0 unspecified atom stereocenters. The molecular formula is C18H24N4O. The third-order valence-corrected chi connectivity index (χ3v) is 4.55. The second kappa shape index (κ2) is 8.00. The number of hydrogen-bond acceptors (Lipinski definition) is 5. The van der Waals surface area contributed by atoms with Gasteiger partial charge in [-0.3, -0.25) is 5.43 Å². The Kier molecular flexibility index (Phi) is 5.51. The average molecular weight is 312 g/mol. The molecule has 0 spiro atoms. The smallest absolute Gasteiger partial charge is 0.154 e. The highest BCUT2D eigenvalue weighted by atomic mass is 16.5. The standard InChI is InChI=1S/C18H24N4O/c19-11-17-18(21-22-20-17)16-9-5-8-15(10-16)13-23-12-14-6-3-1-2-4-7-14/h5,8-10,14,20-22H,1-4,6-7,12-13H2. The van der Waals surface area contributed by atoms with Crippen molar-refractivity contribution in [3.63, 3.8) is 0 Å². The van der Waals surface area contributed by atoms with Crippen LogP contribution < -0.4 is 16.4 Å². The highest BCUT2D eigenvalue weighted by molar-refractivity contribution is 5.71. The summed E-state index contributed by atoms with van der Waals surface area (Å²) in [5, 5.41) is 9.10. The Bertz CT molecular complexity index is 597. The molecule has 0 amide bonds. The lowest BCUT2D eigenvalue weighted by molar-refractivity contribution is 0.0819. The number of rotatable bonds is 5. The van der Waals surface area contributed by atoms with Gasteiger partial charge in [-0.1, -0.05) is 43.9 Å². The van der Waals surface area contributed by atoms with Gasteiger partial charge in [-0.25, -0.2) is 0 Å². The van der Waals surface area contributed by atoms with Crippen LogP contribution in [0.3, 0.4) is 0 Å². The fraction of sp³-hybridized carbons (Fsp3) is 0.500. The molecule has 2 aliphatic rings. The summed E-state index contributed by atoms with van der Waals surface area (Å²) >= 11 is 0. The summed E-state index contributed by atoms with van der Waals surface area (Å²) in [6, 6.07) is 10.3. The minimum Gasteiger partial charge on any atom is -0.376 e. The van der Waals surface area contributed by atoms with Crippen LogP contribution in [0.25, 0.3) is 5.70 Å². The number of nitrogens with zero attached hydrogens (tertiary/aromatic N) is 1. The van der Waals surface area contributed by atoms with Gasteiger partial charge in [0.05, 0.1) is 12.3 Å². The molecule has 1 fully saturated rings. The number of nitrogens with one attached hydrogen (secondary N) is 3. The Labute approximate surface area is 137 Å². The molecule has 23 heavy (non-hydrogen) atoms. The van der Waals surface area contributed by atoms with Gasteiger partial charge in [-0.2, -0.15) is 5.26 Å². The quantitative estimate of drug-likeness (QED) is 0.729. The summed E-state index contributed by atoms with van der Waals surface area (Å²) in [6.45, 7) is 1.48. The van der Waals surface area contributed by atoms with Crippen molar-refractivity contribution in [1.82, 2.24) is 16.4 Å². The Hall–Kier alpha value is -2.03. The molecule has 0 atom stereocenters. The van der Waals surface area contributed by atoms with E-state index in [1.54, 1.807) is 0 Å². The van der Waals surface area contributed by atoms with E-state index in [1.807, 2.05) is 12.1 Å². The van der Waals surface area contributed by atoms with E-state index in [2.05, 4.69) is 34.6 Å². The van der Waals surface area contributed by atoms with Crippen LogP contribution in [0.15, 0.2) is 30.0 Å². The summed E-state index contributed by atoms with van der Waals surface area (Å²) in [6.07, 6.45) is 8.06. The van der Waals surface area contributed by atoms with Gasteiger partial charge in [0.1, 0.15) is 6.07 Å².